The van der Waals surface area contributed by atoms with Gasteiger partial charge in [0.25, 0.3) is 5.91 Å². The van der Waals surface area contributed by atoms with E-state index in [1.165, 1.54) is 50.3 Å². The highest BCUT2D eigenvalue weighted by Crippen LogP contribution is 2.31. The molecule has 8 nitrogen and oxygen atoms in total. The number of amides is 2. The van der Waals surface area contributed by atoms with Crippen LogP contribution in [0, 0.1) is 0 Å². The van der Waals surface area contributed by atoms with E-state index >= 15 is 0 Å². The van der Waals surface area contributed by atoms with Gasteiger partial charge in [-0.2, -0.15) is 0 Å². The highest BCUT2D eigenvalue weighted by atomic mass is 32.2. The molecule has 2 fully saturated rings. The molecule has 2 aliphatic carbocycles. The summed E-state index contributed by atoms with van der Waals surface area (Å²) in [5.41, 5.74) is 0.559. The van der Waals surface area contributed by atoms with Crippen LogP contribution in [0.4, 0.5) is 0 Å². The van der Waals surface area contributed by atoms with Crippen molar-refractivity contribution in [1.82, 2.24) is 25.0 Å². The summed E-state index contributed by atoms with van der Waals surface area (Å²) in [6.07, 6.45) is 12.0. The van der Waals surface area contributed by atoms with Crippen molar-refractivity contribution in [3.8, 4) is 5.75 Å². The second kappa shape index (κ2) is 13.1. The van der Waals surface area contributed by atoms with Crippen LogP contribution < -0.4 is 10.1 Å². The Hall–Kier alpha value is -2.55. The fraction of sp³-hybridized carbons (Fsp3) is 0.630. The number of benzene rings is 1. The lowest BCUT2D eigenvalue weighted by Gasteiger charge is -2.41. The van der Waals surface area contributed by atoms with Crippen molar-refractivity contribution in [3.05, 3.63) is 35.7 Å². The molecule has 1 aromatic carbocycles. The van der Waals surface area contributed by atoms with E-state index in [1.54, 1.807) is 31.4 Å². The molecule has 196 valence electrons. The molecular weight excluding hydrogens is 474 g/mol. The van der Waals surface area contributed by atoms with Crippen LogP contribution in [0.2, 0.25) is 0 Å². The van der Waals surface area contributed by atoms with E-state index < -0.39 is 0 Å². The average Bonchev–Trinajstić information content (AvgIpc) is 3.33. The van der Waals surface area contributed by atoms with E-state index in [0.717, 1.165) is 30.8 Å². The number of nitrogens with one attached hydrogen (secondary N) is 1. The lowest BCUT2D eigenvalue weighted by molar-refractivity contribution is -0.135. The van der Waals surface area contributed by atoms with Crippen LogP contribution in [0.25, 0.3) is 0 Å². The Labute approximate surface area is 218 Å². The van der Waals surface area contributed by atoms with Crippen molar-refractivity contribution in [3.63, 3.8) is 0 Å². The topological polar surface area (TPSA) is 89.4 Å². The molecule has 0 atom stereocenters. The summed E-state index contributed by atoms with van der Waals surface area (Å²) in [4.78, 5) is 28.3. The number of hydrogen-bond donors (Lipinski definition) is 1. The van der Waals surface area contributed by atoms with Gasteiger partial charge in [0.1, 0.15) is 5.75 Å². The molecule has 2 amide bonds. The Bertz CT molecular complexity index is 979. The molecular formula is C27H39N5O3S. The number of carbonyl (C=O) groups excluding carboxylic acids is 2. The number of carbonyl (C=O) groups is 2. The van der Waals surface area contributed by atoms with Gasteiger partial charge in [-0.25, -0.2) is 0 Å². The molecule has 2 aliphatic rings. The first kappa shape index (κ1) is 26.5. The lowest BCUT2D eigenvalue weighted by Crippen LogP contribution is -2.49. The lowest BCUT2D eigenvalue weighted by atomic mass is 9.88. The summed E-state index contributed by atoms with van der Waals surface area (Å²) >= 11 is 1.46. The predicted octanol–water partition coefficient (Wildman–Crippen LogP) is 4.82. The Morgan fingerprint density at radius 1 is 1.00 bits per heavy atom. The van der Waals surface area contributed by atoms with E-state index in [9.17, 15) is 9.59 Å². The summed E-state index contributed by atoms with van der Waals surface area (Å²) in [6.45, 7) is 2.98. The van der Waals surface area contributed by atoms with Crippen LogP contribution in [0.5, 0.6) is 5.75 Å². The molecule has 0 unspecified atom stereocenters. The monoisotopic (exact) mass is 513 g/mol. The van der Waals surface area contributed by atoms with Crippen molar-refractivity contribution in [2.24, 2.45) is 0 Å². The van der Waals surface area contributed by atoms with Crippen molar-refractivity contribution >= 4 is 23.6 Å². The van der Waals surface area contributed by atoms with Crippen molar-refractivity contribution in [2.75, 3.05) is 12.9 Å². The first-order valence-electron chi connectivity index (χ1n) is 13.4. The minimum atomic E-state index is -0.178. The number of ether oxygens (including phenoxy) is 1. The molecule has 1 aromatic heterocycles. The standard InChI is InChI=1S/C27H39N5O3S/c1-3-31-24(18-28-26(34)20-14-16-23(35-2)17-15-20)29-30-27(31)36-19-25(33)32(21-10-6-4-7-11-21)22-12-8-5-9-13-22/h14-17,21-22H,3-13,18-19H2,1-2H3,(H,28,34). The van der Waals surface area contributed by atoms with Gasteiger partial charge in [-0.1, -0.05) is 50.3 Å². The maximum absolute atomic E-state index is 13.5. The Morgan fingerprint density at radius 2 is 1.61 bits per heavy atom. The molecule has 0 radical (unpaired) electrons. The number of rotatable bonds is 10. The Morgan fingerprint density at radius 3 is 2.17 bits per heavy atom. The zero-order chi connectivity index (χ0) is 25.3. The van der Waals surface area contributed by atoms with E-state index in [0.29, 0.717) is 41.5 Å². The first-order chi connectivity index (χ1) is 17.6. The van der Waals surface area contributed by atoms with Gasteiger partial charge < -0.3 is 19.5 Å². The summed E-state index contributed by atoms with van der Waals surface area (Å²) < 4.78 is 7.14. The van der Waals surface area contributed by atoms with Gasteiger partial charge in [-0.3, -0.25) is 9.59 Å². The molecule has 1 N–H and O–H groups in total. The van der Waals surface area contributed by atoms with Gasteiger partial charge in [0.15, 0.2) is 11.0 Å². The van der Waals surface area contributed by atoms with Gasteiger partial charge in [-0.15, -0.1) is 10.2 Å². The second-order valence-corrected chi connectivity index (χ2v) is 10.7. The number of nitrogens with zero attached hydrogens (tertiary/aromatic N) is 4. The Kier molecular flexibility index (Phi) is 9.67. The van der Waals surface area contributed by atoms with Crippen molar-refractivity contribution in [1.29, 1.82) is 0 Å². The van der Waals surface area contributed by atoms with Crippen LogP contribution in [-0.2, 0) is 17.9 Å². The first-order valence-corrected chi connectivity index (χ1v) is 14.4. The number of aromatic nitrogens is 3. The molecule has 0 saturated heterocycles. The summed E-state index contributed by atoms with van der Waals surface area (Å²) in [5.74, 6) is 1.83. The van der Waals surface area contributed by atoms with Gasteiger partial charge in [0, 0.05) is 24.2 Å². The van der Waals surface area contributed by atoms with Gasteiger partial charge in [0.05, 0.1) is 19.4 Å². The number of methoxy groups -OCH3 is 1. The zero-order valence-electron chi connectivity index (χ0n) is 21.6. The fourth-order valence-electron chi connectivity index (χ4n) is 5.50. The highest BCUT2D eigenvalue weighted by Gasteiger charge is 2.32. The molecule has 1 heterocycles. The van der Waals surface area contributed by atoms with Crippen molar-refractivity contribution in [2.45, 2.75) is 101 Å². The fourth-order valence-corrected chi connectivity index (χ4v) is 6.39. The third kappa shape index (κ3) is 6.60. The second-order valence-electron chi connectivity index (χ2n) is 9.73. The minimum Gasteiger partial charge on any atom is -0.497 e. The maximum atomic E-state index is 13.5. The Balaban J connectivity index is 1.36. The van der Waals surface area contributed by atoms with Crippen LogP contribution in [-0.4, -0.2) is 56.4 Å². The smallest absolute Gasteiger partial charge is 0.251 e. The molecule has 2 aromatic rings. The minimum absolute atomic E-state index is 0.178. The van der Waals surface area contributed by atoms with Gasteiger partial charge in [0.2, 0.25) is 5.91 Å². The van der Waals surface area contributed by atoms with Gasteiger partial charge >= 0.3 is 0 Å². The maximum Gasteiger partial charge on any atom is 0.251 e. The largest absolute Gasteiger partial charge is 0.497 e. The van der Waals surface area contributed by atoms with Crippen molar-refractivity contribution < 1.29 is 14.3 Å². The van der Waals surface area contributed by atoms with E-state index in [2.05, 4.69) is 20.4 Å². The molecule has 2 saturated carbocycles. The predicted molar refractivity (Wildman–Crippen MR) is 141 cm³/mol. The molecule has 0 aliphatic heterocycles. The molecule has 4 rings (SSSR count). The van der Waals surface area contributed by atoms with E-state index in [-0.39, 0.29) is 18.4 Å². The van der Waals surface area contributed by atoms with E-state index in [1.807, 2.05) is 11.5 Å². The SMILES string of the molecule is CCn1c(CNC(=O)c2ccc(OC)cc2)nnc1SCC(=O)N(C1CCCCC1)C1CCCCC1. The normalized spacial score (nSPS) is 17.1. The van der Waals surface area contributed by atoms with Crippen LogP contribution in [0.1, 0.15) is 87.3 Å². The van der Waals surface area contributed by atoms with Crippen LogP contribution >= 0.6 is 11.8 Å². The summed E-state index contributed by atoms with van der Waals surface area (Å²) in [6, 6.07) is 7.77. The molecule has 9 heteroatoms. The van der Waals surface area contributed by atoms with Gasteiger partial charge in [-0.05, 0) is 56.9 Å². The quantitative estimate of drug-likeness (QED) is 0.458. The number of hydrogen-bond acceptors (Lipinski definition) is 6. The third-order valence-electron chi connectivity index (χ3n) is 7.42. The molecule has 0 spiro atoms. The third-order valence-corrected chi connectivity index (χ3v) is 8.37. The average molecular weight is 514 g/mol. The number of thioether (sulfide) groups is 1. The zero-order valence-corrected chi connectivity index (χ0v) is 22.4. The van der Waals surface area contributed by atoms with E-state index in [4.69, 9.17) is 4.74 Å². The summed E-state index contributed by atoms with van der Waals surface area (Å²) in [7, 11) is 1.60. The molecule has 36 heavy (non-hydrogen) atoms. The molecule has 0 bridgehead atoms. The van der Waals surface area contributed by atoms with Crippen LogP contribution in [0.3, 0.4) is 0 Å². The highest BCUT2D eigenvalue weighted by molar-refractivity contribution is 7.99. The summed E-state index contributed by atoms with van der Waals surface area (Å²) in [5, 5.41) is 12.3. The van der Waals surface area contributed by atoms with Crippen LogP contribution in [0.15, 0.2) is 29.4 Å².